The van der Waals surface area contributed by atoms with Gasteiger partial charge in [-0.25, -0.2) is 0 Å². The van der Waals surface area contributed by atoms with Crippen molar-refractivity contribution in [2.45, 2.75) is 27.7 Å². The first-order valence-corrected chi connectivity index (χ1v) is 8.49. The largest absolute Gasteiger partial charge is 0.484 e. The molecule has 2 amide bonds. The van der Waals surface area contributed by atoms with Crippen molar-refractivity contribution >= 4 is 17.6 Å². The molecule has 0 bridgehead atoms. The molecule has 1 saturated heterocycles. The number of ketones is 1. The van der Waals surface area contributed by atoms with Crippen molar-refractivity contribution < 1.29 is 19.1 Å². The molecule has 1 aromatic carbocycles. The summed E-state index contributed by atoms with van der Waals surface area (Å²) >= 11 is 0. The summed E-state index contributed by atoms with van der Waals surface area (Å²) in [5.41, 5.74) is 0.208. The SMILES string of the molecule is CC(=O)c1ccc(OCC(=O)N2CCN(C(=O)C(C)(C)C)CC2)cc1. The van der Waals surface area contributed by atoms with E-state index in [-0.39, 0.29) is 24.2 Å². The maximum absolute atomic E-state index is 12.3. The quantitative estimate of drug-likeness (QED) is 0.782. The Labute approximate surface area is 148 Å². The van der Waals surface area contributed by atoms with Crippen molar-refractivity contribution in [3.63, 3.8) is 0 Å². The minimum absolute atomic E-state index is 0.00898. The lowest BCUT2D eigenvalue weighted by Crippen LogP contribution is -2.53. The van der Waals surface area contributed by atoms with Gasteiger partial charge in [0.05, 0.1) is 0 Å². The van der Waals surface area contributed by atoms with Gasteiger partial charge in [-0.1, -0.05) is 20.8 Å². The van der Waals surface area contributed by atoms with Gasteiger partial charge < -0.3 is 14.5 Å². The number of rotatable bonds is 4. The third-order valence-corrected chi connectivity index (χ3v) is 4.18. The third-order valence-electron chi connectivity index (χ3n) is 4.18. The van der Waals surface area contributed by atoms with Crippen LogP contribution in [0.15, 0.2) is 24.3 Å². The Morgan fingerprint density at radius 1 is 0.960 bits per heavy atom. The predicted molar refractivity (Wildman–Crippen MR) is 94.6 cm³/mol. The molecule has 6 heteroatoms. The molecule has 0 saturated carbocycles. The molecular weight excluding hydrogens is 320 g/mol. The van der Waals surface area contributed by atoms with E-state index in [2.05, 4.69) is 0 Å². The number of Topliss-reactive ketones (excluding diaryl/α,β-unsaturated/α-hetero) is 1. The number of ether oxygens (including phenoxy) is 1. The van der Waals surface area contributed by atoms with Crippen LogP contribution in [-0.2, 0) is 9.59 Å². The van der Waals surface area contributed by atoms with Crippen LogP contribution >= 0.6 is 0 Å². The minimum atomic E-state index is -0.401. The maximum Gasteiger partial charge on any atom is 0.260 e. The highest BCUT2D eigenvalue weighted by molar-refractivity contribution is 5.94. The van der Waals surface area contributed by atoms with E-state index in [1.807, 2.05) is 25.7 Å². The Morgan fingerprint density at radius 3 is 1.96 bits per heavy atom. The summed E-state index contributed by atoms with van der Waals surface area (Å²) in [5, 5.41) is 0. The van der Waals surface area contributed by atoms with E-state index >= 15 is 0 Å². The molecule has 0 atom stereocenters. The fourth-order valence-corrected chi connectivity index (χ4v) is 2.66. The second-order valence-corrected chi connectivity index (χ2v) is 7.29. The zero-order valence-corrected chi connectivity index (χ0v) is 15.4. The standard InChI is InChI=1S/C19H26N2O4/c1-14(22)15-5-7-16(8-6-15)25-13-17(23)20-9-11-21(12-10-20)18(24)19(2,3)4/h5-8H,9-13H2,1-4H3. The smallest absolute Gasteiger partial charge is 0.260 e. The van der Waals surface area contributed by atoms with Crippen LogP contribution in [0.4, 0.5) is 0 Å². The number of carbonyl (C=O) groups is 3. The van der Waals surface area contributed by atoms with Crippen molar-refractivity contribution in [2.75, 3.05) is 32.8 Å². The highest BCUT2D eigenvalue weighted by Gasteiger charge is 2.30. The molecule has 6 nitrogen and oxygen atoms in total. The van der Waals surface area contributed by atoms with Gasteiger partial charge in [-0.3, -0.25) is 14.4 Å². The highest BCUT2D eigenvalue weighted by Crippen LogP contribution is 2.19. The third kappa shape index (κ3) is 5.05. The number of hydrogen-bond acceptors (Lipinski definition) is 4. The second-order valence-electron chi connectivity index (χ2n) is 7.29. The van der Waals surface area contributed by atoms with Crippen LogP contribution in [0.2, 0.25) is 0 Å². The van der Waals surface area contributed by atoms with Crippen molar-refractivity contribution in [1.82, 2.24) is 9.80 Å². The lowest BCUT2D eigenvalue weighted by molar-refractivity contribution is -0.145. The van der Waals surface area contributed by atoms with E-state index in [0.29, 0.717) is 37.5 Å². The molecule has 0 N–H and O–H groups in total. The van der Waals surface area contributed by atoms with E-state index in [4.69, 9.17) is 4.74 Å². The number of nitrogens with zero attached hydrogens (tertiary/aromatic N) is 2. The monoisotopic (exact) mass is 346 g/mol. The van der Waals surface area contributed by atoms with Crippen LogP contribution in [0.3, 0.4) is 0 Å². The average molecular weight is 346 g/mol. The Hall–Kier alpha value is -2.37. The zero-order chi connectivity index (χ0) is 18.6. The maximum atomic E-state index is 12.3. The second kappa shape index (κ2) is 7.68. The normalized spacial score (nSPS) is 15.0. The summed E-state index contributed by atoms with van der Waals surface area (Å²) in [7, 11) is 0. The summed E-state index contributed by atoms with van der Waals surface area (Å²) in [6.07, 6.45) is 0. The van der Waals surface area contributed by atoms with E-state index in [1.54, 1.807) is 29.2 Å². The molecule has 1 aliphatic heterocycles. The number of carbonyl (C=O) groups excluding carboxylic acids is 3. The average Bonchev–Trinajstić information content (AvgIpc) is 2.58. The van der Waals surface area contributed by atoms with Gasteiger partial charge in [-0.2, -0.15) is 0 Å². The van der Waals surface area contributed by atoms with Crippen LogP contribution in [-0.4, -0.2) is 60.2 Å². The number of piperazine rings is 1. The fourth-order valence-electron chi connectivity index (χ4n) is 2.66. The van der Waals surface area contributed by atoms with Gasteiger partial charge >= 0.3 is 0 Å². The van der Waals surface area contributed by atoms with Crippen molar-refractivity contribution in [3.8, 4) is 5.75 Å². The Morgan fingerprint density at radius 2 is 1.48 bits per heavy atom. The molecule has 0 aromatic heterocycles. The van der Waals surface area contributed by atoms with Gasteiger partial charge in [-0.15, -0.1) is 0 Å². The summed E-state index contributed by atoms with van der Waals surface area (Å²) in [5.74, 6) is 0.560. The van der Waals surface area contributed by atoms with E-state index < -0.39 is 5.41 Å². The molecular formula is C19H26N2O4. The van der Waals surface area contributed by atoms with Gasteiger partial charge in [0.25, 0.3) is 5.91 Å². The van der Waals surface area contributed by atoms with E-state index in [9.17, 15) is 14.4 Å². The molecule has 0 aliphatic carbocycles. The molecule has 1 fully saturated rings. The Kier molecular flexibility index (Phi) is 5.82. The summed E-state index contributed by atoms with van der Waals surface area (Å²) in [6, 6.07) is 6.73. The summed E-state index contributed by atoms with van der Waals surface area (Å²) < 4.78 is 5.50. The van der Waals surface area contributed by atoms with E-state index in [1.165, 1.54) is 6.92 Å². The molecule has 1 aliphatic rings. The van der Waals surface area contributed by atoms with Crippen LogP contribution in [0.1, 0.15) is 38.1 Å². The fraction of sp³-hybridized carbons (Fsp3) is 0.526. The first-order chi connectivity index (χ1) is 11.7. The van der Waals surface area contributed by atoms with Gasteiger partial charge in [0.2, 0.25) is 5.91 Å². The summed E-state index contributed by atoms with van der Waals surface area (Å²) in [6.45, 7) is 9.30. The number of amides is 2. The van der Waals surface area contributed by atoms with Gasteiger partial charge in [0.1, 0.15) is 5.75 Å². The van der Waals surface area contributed by atoms with Crippen LogP contribution < -0.4 is 4.74 Å². The van der Waals surface area contributed by atoms with Gasteiger partial charge in [-0.05, 0) is 31.2 Å². The molecule has 0 spiro atoms. The first-order valence-electron chi connectivity index (χ1n) is 8.49. The minimum Gasteiger partial charge on any atom is -0.484 e. The molecule has 0 radical (unpaired) electrons. The lowest BCUT2D eigenvalue weighted by atomic mass is 9.94. The highest BCUT2D eigenvalue weighted by atomic mass is 16.5. The molecule has 1 aromatic rings. The van der Waals surface area contributed by atoms with E-state index in [0.717, 1.165) is 0 Å². The molecule has 1 heterocycles. The van der Waals surface area contributed by atoms with Crippen molar-refractivity contribution in [3.05, 3.63) is 29.8 Å². The Balaban J connectivity index is 1.81. The lowest BCUT2D eigenvalue weighted by Gasteiger charge is -2.37. The molecule has 0 unspecified atom stereocenters. The topological polar surface area (TPSA) is 66.9 Å². The van der Waals surface area contributed by atoms with Crippen molar-refractivity contribution in [1.29, 1.82) is 0 Å². The zero-order valence-electron chi connectivity index (χ0n) is 15.4. The number of hydrogen-bond donors (Lipinski definition) is 0. The molecule has 136 valence electrons. The summed E-state index contributed by atoms with van der Waals surface area (Å²) in [4.78, 5) is 39.3. The Bertz CT molecular complexity index is 638. The van der Waals surface area contributed by atoms with Crippen LogP contribution in [0.5, 0.6) is 5.75 Å². The van der Waals surface area contributed by atoms with Gasteiger partial charge in [0.15, 0.2) is 12.4 Å². The van der Waals surface area contributed by atoms with Crippen LogP contribution in [0.25, 0.3) is 0 Å². The van der Waals surface area contributed by atoms with Crippen LogP contribution in [0, 0.1) is 5.41 Å². The first kappa shape index (κ1) is 19.0. The van der Waals surface area contributed by atoms with Gasteiger partial charge in [0, 0.05) is 37.2 Å². The molecule has 2 rings (SSSR count). The van der Waals surface area contributed by atoms with Crippen molar-refractivity contribution in [2.24, 2.45) is 5.41 Å². The predicted octanol–water partition coefficient (Wildman–Crippen LogP) is 1.98. The molecule has 25 heavy (non-hydrogen) atoms. The number of benzene rings is 1.